The van der Waals surface area contributed by atoms with E-state index in [9.17, 15) is 9.37 Å². The van der Waals surface area contributed by atoms with Crippen LogP contribution in [0.25, 0.3) is 117 Å². The van der Waals surface area contributed by atoms with Crippen LogP contribution in [0.1, 0.15) is 9.68 Å². The van der Waals surface area contributed by atoms with Crippen molar-refractivity contribution >= 4 is 65.4 Å². The SMILES string of the molecule is [2H]c1c([2H])c(-n2c3ccccc3c3ccc4c(c5ccccc5n4-c4ccccc4)c32)c(C#N)c([2H])c1-c1nc(-c2ccccc2)nc(-c2ccc3c(c2)c2ccccc2n3-c2ccccc2)n1. The van der Waals surface area contributed by atoms with Crippen molar-refractivity contribution in [2.24, 2.45) is 0 Å². The standard InChI is InChI=1S/C58H35N7/c59-36-40-34-38(28-31-48(40)65-50-26-14-10-22-43(50)45-30-33-53-54(55(45)65)46-24-12-15-27-51(46)64(53)42-20-8-3-9-21-42)57-60-56(37-16-4-1-5-17-37)61-58(62-57)39-29-32-52-47(35-39)44-23-11-13-25-49(44)63(52)41-18-6-2-7-19-41/h1-35H/i28D,31D,34D. The first kappa shape index (κ1) is 33.5. The zero-order chi connectivity index (χ0) is 45.6. The molecule has 4 aromatic heterocycles. The molecule has 0 spiro atoms. The number of fused-ring (bicyclic) bond motifs is 10. The quantitative estimate of drug-likeness (QED) is 0.167. The minimum absolute atomic E-state index is 0.0236. The summed E-state index contributed by atoms with van der Waals surface area (Å²) in [5.74, 6) is 0.701. The van der Waals surface area contributed by atoms with Crippen molar-refractivity contribution in [1.82, 2.24) is 28.7 Å². The molecule has 0 aliphatic heterocycles. The molecular weight excluding hydrogens is 795 g/mol. The molecule has 0 radical (unpaired) electrons. The van der Waals surface area contributed by atoms with Crippen LogP contribution in [0.2, 0.25) is 0 Å². The number of nitriles is 1. The predicted octanol–water partition coefficient (Wildman–Crippen LogP) is 14.0. The lowest BCUT2D eigenvalue weighted by Crippen LogP contribution is -2.02. The van der Waals surface area contributed by atoms with Gasteiger partial charge in [-0.3, -0.25) is 0 Å². The maximum Gasteiger partial charge on any atom is 0.164 e. The van der Waals surface area contributed by atoms with Crippen molar-refractivity contribution in [2.45, 2.75) is 0 Å². The smallest absolute Gasteiger partial charge is 0.164 e. The second kappa shape index (κ2) is 14.5. The molecule has 0 atom stereocenters. The first-order chi connectivity index (χ1) is 33.5. The Balaban J connectivity index is 1.07. The van der Waals surface area contributed by atoms with E-state index in [0.717, 1.165) is 76.8 Å². The first-order valence-electron chi connectivity index (χ1n) is 22.9. The maximum absolute atomic E-state index is 11.2. The number of para-hydroxylation sites is 5. The van der Waals surface area contributed by atoms with Gasteiger partial charge in [0.25, 0.3) is 0 Å². The highest BCUT2D eigenvalue weighted by molar-refractivity contribution is 6.26. The molecule has 0 saturated carbocycles. The Labute approximate surface area is 377 Å². The third-order valence-corrected chi connectivity index (χ3v) is 12.4. The summed E-state index contributed by atoms with van der Waals surface area (Å²) in [4.78, 5) is 15.0. The van der Waals surface area contributed by atoms with Gasteiger partial charge in [-0.05, 0) is 84.9 Å². The van der Waals surface area contributed by atoms with Gasteiger partial charge in [0.1, 0.15) is 6.07 Å². The van der Waals surface area contributed by atoms with Crippen LogP contribution in [-0.2, 0) is 0 Å². The third kappa shape index (κ3) is 5.64. The van der Waals surface area contributed by atoms with Crippen LogP contribution in [0, 0.1) is 11.3 Å². The summed E-state index contributed by atoms with van der Waals surface area (Å²) in [5, 5.41) is 17.1. The summed E-state index contributed by atoms with van der Waals surface area (Å²) < 4.78 is 36.0. The molecule has 4 heterocycles. The van der Waals surface area contributed by atoms with Gasteiger partial charge in [-0.1, -0.05) is 127 Å². The fourth-order valence-electron chi connectivity index (χ4n) is 9.66. The van der Waals surface area contributed by atoms with Crippen molar-refractivity contribution in [3.05, 3.63) is 218 Å². The highest BCUT2D eigenvalue weighted by Crippen LogP contribution is 2.43. The van der Waals surface area contributed by atoms with Crippen molar-refractivity contribution in [3.63, 3.8) is 0 Å². The molecule has 0 N–H and O–H groups in total. The molecule has 7 heteroatoms. The average Bonchev–Trinajstić information content (AvgIpc) is 4.03. The molecule has 0 saturated heterocycles. The van der Waals surface area contributed by atoms with E-state index in [0.29, 0.717) is 22.8 Å². The van der Waals surface area contributed by atoms with Gasteiger partial charge < -0.3 is 13.7 Å². The topological polar surface area (TPSA) is 77.2 Å². The second-order valence-corrected chi connectivity index (χ2v) is 16.1. The van der Waals surface area contributed by atoms with E-state index in [2.05, 4.69) is 88.0 Å². The molecule has 13 aromatic rings. The Morgan fingerprint density at radius 1 is 0.400 bits per heavy atom. The predicted molar refractivity (Wildman–Crippen MR) is 264 cm³/mol. The van der Waals surface area contributed by atoms with E-state index in [4.69, 9.17) is 15.0 Å². The second-order valence-electron chi connectivity index (χ2n) is 16.1. The van der Waals surface area contributed by atoms with Gasteiger partial charge in [-0.25, -0.2) is 15.0 Å². The van der Waals surface area contributed by atoms with Crippen molar-refractivity contribution in [2.75, 3.05) is 0 Å². The number of rotatable bonds is 6. The van der Waals surface area contributed by atoms with Crippen molar-refractivity contribution in [1.29, 1.82) is 5.26 Å². The Morgan fingerprint density at radius 2 is 0.892 bits per heavy atom. The molecule has 65 heavy (non-hydrogen) atoms. The summed E-state index contributed by atoms with van der Waals surface area (Å²) >= 11 is 0. The van der Waals surface area contributed by atoms with E-state index in [1.165, 1.54) is 0 Å². The van der Waals surface area contributed by atoms with E-state index in [1.807, 2.05) is 126 Å². The molecule has 0 aliphatic rings. The Morgan fingerprint density at radius 3 is 1.55 bits per heavy atom. The van der Waals surface area contributed by atoms with E-state index in [1.54, 1.807) is 0 Å². The van der Waals surface area contributed by atoms with Gasteiger partial charge in [0.15, 0.2) is 17.5 Å². The lowest BCUT2D eigenvalue weighted by Gasteiger charge is -2.13. The Hall–Kier alpha value is -9.12. The highest BCUT2D eigenvalue weighted by Gasteiger charge is 2.23. The van der Waals surface area contributed by atoms with Crippen LogP contribution < -0.4 is 0 Å². The highest BCUT2D eigenvalue weighted by atomic mass is 15.0. The summed E-state index contributed by atoms with van der Waals surface area (Å²) in [6, 6.07) is 66.4. The molecule has 0 fully saturated rings. The van der Waals surface area contributed by atoms with Gasteiger partial charge in [0, 0.05) is 60.4 Å². The minimum atomic E-state index is -0.272. The van der Waals surface area contributed by atoms with Crippen LogP contribution in [0.15, 0.2) is 212 Å². The average molecular weight is 833 g/mol. The molecule has 0 amide bonds. The normalized spacial score (nSPS) is 12.3. The van der Waals surface area contributed by atoms with Crippen LogP contribution in [0.3, 0.4) is 0 Å². The Kier molecular flexibility index (Phi) is 7.46. The van der Waals surface area contributed by atoms with Crippen LogP contribution in [0.5, 0.6) is 0 Å². The molecular formula is C58H35N7. The molecule has 13 rings (SSSR count). The van der Waals surface area contributed by atoms with Gasteiger partial charge in [-0.2, -0.15) is 5.26 Å². The molecule has 9 aromatic carbocycles. The number of benzene rings is 9. The lowest BCUT2D eigenvalue weighted by atomic mass is 10.1. The first-order valence-corrected chi connectivity index (χ1v) is 21.4. The zero-order valence-corrected chi connectivity index (χ0v) is 34.6. The zero-order valence-electron chi connectivity index (χ0n) is 37.6. The number of hydrogen-bond donors (Lipinski definition) is 0. The van der Waals surface area contributed by atoms with Gasteiger partial charge in [-0.15, -0.1) is 0 Å². The number of nitrogens with zero attached hydrogens (tertiary/aromatic N) is 7. The van der Waals surface area contributed by atoms with E-state index in [-0.39, 0.29) is 40.8 Å². The largest absolute Gasteiger partial charge is 0.309 e. The van der Waals surface area contributed by atoms with Gasteiger partial charge in [0.2, 0.25) is 0 Å². The van der Waals surface area contributed by atoms with Gasteiger partial charge >= 0.3 is 0 Å². The van der Waals surface area contributed by atoms with Crippen LogP contribution in [0.4, 0.5) is 0 Å². The van der Waals surface area contributed by atoms with Crippen LogP contribution in [-0.4, -0.2) is 28.7 Å². The fraction of sp³-hybridized carbons (Fsp3) is 0. The van der Waals surface area contributed by atoms with Crippen molar-refractivity contribution < 1.29 is 4.11 Å². The molecule has 0 unspecified atom stereocenters. The van der Waals surface area contributed by atoms with E-state index >= 15 is 0 Å². The summed E-state index contributed by atoms with van der Waals surface area (Å²) in [5.41, 5.74) is 9.08. The summed E-state index contributed by atoms with van der Waals surface area (Å²) in [6.45, 7) is 0. The fourth-order valence-corrected chi connectivity index (χ4v) is 9.66. The monoisotopic (exact) mass is 832 g/mol. The summed E-state index contributed by atoms with van der Waals surface area (Å²) in [6.07, 6.45) is 0. The number of hydrogen-bond acceptors (Lipinski definition) is 4. The Bertz CT molecular complexity index is 4250. The maximum atomic E-state index is 11.2. The van der Waals surface area contributed by atoms with Gasteiger partial charge in [0.05, 0.1) is 48.5 Å². The minimum Gasteiger partial charge on any atom is -0.309 e. The summed E-state index contributed by atoms with van der Waals surface area (Å²) in [7, 11) is 0. The molecule has 7 nitrogen and oxygen atoms in total. The molecule has 0 bridgehead atoms. The van der Waals surface area contributed by atoms with Crippen molar-refractivity contribution in [3.8, 4) is 57.3 Å². The number of aromatic nitrogens is 6. The third-order valence-electron chi connectivity index (χ3n) is 12.4. The molecule has 302 valence electrons. The lowest BCUT2D eigenvalue weighted by molar-refractivity contribution is 1.07. The van der Waals surface area contributed by atoms with E-state index < -0.39 is 0 Å². The molecule has 0 aliphatic carbocycles. The van der Waals surface area contributed by atoms with Crippen LogP contribution >= 0.6 is 0 Å².